The Hall–Kier alpha value is -2.56. The average Bonchev–Trinajstić information content (AvgIpc) is 2.55. The van der Waals surface area contributed by atoms with Crippen molar-refractivity contribution in [3.8, 4) is 11.1 Å². The molecule has 2 rings (SSSR count). The van der Waals surface area contributed by atoms with Crippen molar-refractivity contribution in [1.82, 2.24) is 9.88 Å². The normalized spacial score (nSPS) is 11.7. The van der Waals surface area contributed by atoms with Gasteiger partial charge >= 0.3 is 6.09 Å². The molecule has 0 saturated carbocycles. The van der Waals surface area contributed by atoms with Crippen LogP contribution >= 0.6 is 0 Å². The molecule has 0 aliphatic carbocycles. The minimum Gasteiger partial charge on any atom is -0.465 e. The van der Waals surface area contributed by atoms with Gasteiger partial charge < -0.3 is 10.8 Å². The monoisotopic (exact) mass is 383 g/mol. The molecule has 0 fully saturated rings. The third kappa shape index (κ3) is 4.83. The number of rotatable bonds is 5. The van der Waals surface area contributed by atoms with Gasteiger partial charge in [0.25, 0.3) is 0 Å². The van der Waals surface area contributed by atoms with Gasteiger partial charge in [0.2, 0.25) is 0 Å². The van der Waals surface area contributed by atoms with E-state index in [9.17, 15) is 9.90 Å². The zero-order valence-corrected chi connectivity index (χ0v) is 18.1. The van der Waals surface area contributed by atoms with E-state index in [1.54, 1.807) is 0 Å². The van der Waals surface area contributed by atoms with Gasteiger partial charge in [-0.1, -0.05) is 43.7 Å². The van der Waals surface area contributed by atoms with E-state index in [-0.39, 0.29) is 6.54 Å². The highest BCUT2D eigenvalue weighted by Gasteiger charge is 2.29. The fraction of sp³-hybridized carbons (Fsp3) is 0.478. The number of nitrogens with two attached hydrogens (primary N) is 1. The van der Waals surface area contributed by atoms with Gasteiger partial charge in [0.05, 0.1) is 17.9 Å². The van der Waals surface area contributed by atoms with E-state index in [1.165, 1.54) is 10.5 Å². The molecule has 0 bridgehead atoms. The van der Waals surface area contributed by atoms with Gasteiger partial charge in [-0.2, -0.15) is 0 Å². The standard InChI is InChI=1S/C23H33N3O2/c1-14(2)12-19-18(13-26(22(27)28)23(5,6)7)20(21(24)16(4)25-19)17-10-8-15(3)9-11-17/h8-11,14H,12-13,24H2,1-7H3,(H,27,28). The number of carbonyl (C=O) groups is 1. The summed E-state index contributed by atoms with van der Waals surface area (Å²) in [6.07, 6.45) is -0.176. The fourth-order valence-corrected chi connectivity index (χ4v) is 3.34. The molecule has 1 heterocycles. The Morgan fingerprint density at radius 1 is 1.18 bits per heavy atom. The maximum Gasteiger partial charge on any atom is 0.408 e. The molecule has 152 valence electrons. The molecule has 28 heavy (non-hydrogen) atoms. The lowest BCUT2D eigenvalue weighted by atomic mass is 9.91. The van der Waals surface area contributed by atoms with Gasteiger partial charge in [-0.25, -0.2) is 4.79 Å². The first kappa shape index (κ1) is 21.7. The zero-order chi connectivity index (χ0) is 21.2. The molecule has 0 atom stereocenters. The summed E-state index contributed by atoms with van der Waals surface area (Å²) in [7, 11) is 0. The van der Waals surface area contributed by atoms with E-state index in [0.717, 1.165) is 34.5 Å². The fourth-order valence-electron chi connectivity index (χ4n) is 3.34. The highest BCUT2D eigenvalue weighted by Crippen LogP contribution is 2.36. The van der Waals surface area contributed by atoms with Crippen molar-refractivity contribution in [2.45, 2.75) is 67.0 Å². The minimum absolute atomic E-state index is 0.252. The number of hydrogen-bond acceptors (Lipinski definition) is 3. The quantitative estimate of drug-likeness (QED) is 0.722. The van der Waals surface area contributed by atoms with Crippen molar-refractivity contribution in [2.75, 3.05) is 5.73 Å². The van der Waals surface area contributed by atoms with Crippen LogP contribution in [0.2, 0.25) is 0 Å². The summed E-state index contributed by atoms with van der Waals surface area (Å²) in [5.74, 6) is 0.396. The summed E-state index contributed by atoms with van der Waals surface area (Å²) in [4.78, 5) is 18.2. The molecule has 0 saturated heterocycles. The first-order valence-corrected chi connectivity index (χ1v) is 9.77. The number of aromatic nitrogens is 1. The molecule has 1 amide bonds. The van der Waals surface area contributed by atoms with E-state index >= 15 is 0 Å². The number of amides is 1. The molecule has 2 aromatic rings. The molecule has 0 unspecified atom stereocenters. The highest BCUT2D eigenvalue weighted by atomic mass is 16.4. The largest absolute Gasteiger partial charge is 0.465 e. The highest BCUT2D eigenvalue weighted by molar-refractivity contribution is 5.82. The van der Waals surface area contributed by atoms with E-state index in [1.807, 2.05) is 46.8 Å². The second-order valence-corrected chi connectivity index (χ2v) is 8.91. The Morgan fingerprint density at radius 3 is 2.21 bits per heavy atom. The molecular formula is C23H33N3O2. The summed E-state index contributed by atoms with van der Waals surface area (Å²) in [6.45, 7) is 14.2. The molecule has 5 nitrogen and oxygen atoms in total. The van der Waals surface area contributed by atoms with Crippen molar-refractivity contribution in [3.63, 3.8) is 0 Å². The van der Waals surface area contributed by atoms with Gasteiger partial charge in [0.1, 0.15) is 0 Å². The Kier molecular flexibility index (Phi) is 6.37. The smallest absolute Gasteiger partial charge is 0.408 e. The van der Waals surface area contributed by atoms with Crippen LogP contribution in [0.3, 0.4) is 0 Å². The maximum atomic E-state index is 12.0. The summed E-state index contributed by atoms with van der Waals surface area (Å²) >= 11 is 0. The summed E-state index contributed by atoms with van der Waals surface area (Å²) in [6, 6.07) is 8.20. The first-order valence-electron chi connectivity index (χ1n) is 9.77. The topological polar surface area (TPSA) is 79.5 Å². The van der Waals surface area contributed by atoms with Crippen LogP contribution in [0.25, 0.3) is 11.1 Å². The third-order valence-electron chi connectivity index (χ3n) is 4.91. The molecule has 0 aliphatic rings. The van der Waals surface area contributed by atoms with E-state index in [0.29, 0.717) is 11.6 Å². The molecule has 0 radical (unpaired) electrons. The molecule has 0 spiro atoms. The number of pyridine rings is 1. The average molecular weight is 384 g/mol. The number of nitrogens with zero attached hydrogens (tertiary/aromatic N) is 2. The number of aryl methyl sites for hydroxylation is 2. The zero-order valence-electron chi connectivity index (χ0n) is 18.1. The molecule has 0 aliphatic heterocycles. The first-order chi connectivity index (χ1) is 12.9. The molecular weight excluding hydrogens is 350 g/mol. The molecule has 3 N–H and O–H groups in total. The predicted octanol–water partition coefficient (Wildman–Crippen LogP) is 5.42. The van der Waals surface area contributed by atoms with Gasteiger partial charge in [-0.05, 0) is 52.5 Å². The van der Waals surface area contributed by atoms with Crippen molar-refractivity contribution >= 4 is 11.8 Å². The number of nitrogen functional groups attached to an aromatic ring is 1. The van der Waals surface area contributed by atoms with Crippen LogP contribution in [0.15, 0.2) is 24.3 Å². The van der Waals surface area contributed by atoms with Crippen molar-refractivity contribution < 1.29 is 9.90 Å². The summed E-state index contributed by atoms with van der Waals surface area (Å²) < 4.78 is 0. The maximum absolute atomic E-state index is 12.0. The van der Waals surface area contributed by atoms with Gasteiger partial charge in [-0.15, -0.1) is 0 Å². The van der Waals surface area contributed by atoms with Crippen LogP contribution in [0.1, 0.15) is 57.1 Å². The number of hydrogen-bond donors (Lipinski definition) is 2. The Morgan fingerprint density at radius 2 is 1.75 bits per heavy atom. The predicted molar refractivity (Wildman–Crippen MR) is 115 cm³/mol. The Bertz CT molecular complexity index is 850. The van der Waals surface area contributed by atoms with Crippen LogP contribution in [0.5, 0.6) is 0 Å². The molecule has 1 aromatic heterocycles. The van der Waals surface area contributed by atoms with Gasteiger partial charge in [0.15, 0.2) is 0 Å². The van der Waals surface area contributed by atoms with Crippen LogP contribution in [-0.2, 0) is 13.0 Å². The molecule has 1 aromatic carbocycles. The summed E-state index contributed by atoms with van der Waals surface area (Å²) in [5.41, 5.74) is 12.2. The van der Waals surface area contributed by atoms with Crippen LogP contribution < -0.4 is 5.73 Å². The lowest BCUT2D eigenvalue weighted by Gasteiger charge is -2.34. The van der Waals surface area contributed by atoms with E-state index in [2.05, 4.69) is 26.0 Å². The van der Waals surface area contributed by atoms with Crippen molar-refractivity contribution in [2.24, 2.45) is 5.92 Å². The Balaban J connectivity index is 2.76. The molecule has 5 heteroatoms. The lowest BCUT2D eigenvalue weighted by molar-refractivity contribution is 0.0954. The van der Waals surface area contributed by atoms with Crippen LogP contribution in [-0.4, -0.2) is 26.6 Å². The van der Waals surface area contributed by atoms with E-state index in [4.69, 9.17) is 10.7 Å². The number of carboxylic acid groups (broad SMARTS) is 1. The lowest BCUT2D eigenvalue weighted by Crippen LogP contribution is -2.44. The van der Waals surface area contributed by atoms with Crippen molar-refractivity contribution in [1.29, 1.82) is 0 Å². The van der Waals surface area contributed by atoms with Gasteiger partial charge in [-0.3, -0.25) is 9.88 Å². The second-order valence-electron chi connectivity index (χ2n) is 8.91. The third-order valence-corrected chi connectivity index (χ3v) is 4.91. The van der Waals surface area contributed by atoms with Crippen LogP contribution in [0.4, 0.5) is 10.5 Å². The summed E-state index contributed by atoms with van der Waals surface area (Å²) in [5, 5.41) is 9.84. The SMILES string of the molecule is Cc1ccc(-c2c(N)c(C)nc(CC(C)C)c2CN(C(=O)O)C(C)(C)C)cc1. The minimum atomic E-state index is -0.947. The van der Waals surface area contributed by atoms with Crippen LogP contribution in [0, 0.1) is 19.8 Å². The van der Waals surface area contributed by atoms with Crippen molar-refractivity contribution in [3.05, 3.63) is 46.8 Å². The van der Waals surface area contributed by atoms with E-state index < -0.39 is 11.6 Å². The number of benzene rings is 1. The van der Waals surface area contributed by atoms with Gasteiger partial charge in [0, 0.05) is 22.4 Å². The number of anilines is 1. The second kappa shape index (κ2) is 8.21. The Labute approximate surface area is 168 Å².